The van der Waals surface area contributed by atoms with E-state index in [1.807, 2.05) is 14.0 Å². The van der Waals surface area contributed by atoms with Gasteiger partial charge in [0.1, 0.15) is 17.2 Å². The fourth-order valence-corrected chi connectivity index (χ4v) is 2.87. The summed E-state index contributed by atoms with van der Waals surface area (Å²) in [5.74, 6) is 0.361. The maximum Gasteiger partial charge on any atom is 0.338 e. The molecular weight excluding hydrogens is 264 g/mol. The highest BCUT2D eigenvalue weighted by Gasteiger charge is 2.16. The SMILES string of the molecule is Cc1cc(C)c(C(=O)O)c(SCc2nncn2C)n1. The molecule has 0 aliphatic heterocycles. The van der Waals surface area contributed by atoms with Gasteiger partial charge < -0.3 is 9.67 Å². The smallest absolute Gasteiger partial charge is 0.338 e. The van der Waals surface area contributed by atoms with Crippen molar-refractivity contribution in [3.8, 4) is 0 Å². The standard InChI is InChI=1S/C12H14N4O2S/c1-7-4-8(2)14-11(10(7)12(17)18)19-5-9-15-13-6-16(9)3/h4,6H,5H2,1-3H3,(H,17,18). The van der Waals surface area contributed by atoms with Crippen LogP contribution in [0, 0.1) is 13.8 Å². The van der Waals surface area contributed by atoms with E-state index in [1.54, 1.807) is 23.9 Å². The summed E-state index contributed by atoms with van der Waals surface area (Å²) in [6, 6.07) is 1.77. The van der Waals surface area contributed by atoms with Gasteiger partial charge in [-0.2, -0.15) is 0 Å². The van der Waals surface area contributed by atoms with Gasteiger partial charge in [0.05, 0.1) is 11.3 Å². The lowest BCUT2D eigenvalue weighted by molar-refractivity contribution is 0.0691. The van der Waals surface area contributed by atoms with Gasteiger partial charge in [0.25, 0.3) is 0 Å². The minimum Gasteiger partial charge on any atom is -0.478 e. The van der Waals surface area contributed by atoms with Crippen LogP contribution in [0.4, 0.5) is 0 Å². The second-order valence-electron chi connectivity index (χ2n) is 4.21. The molecule has 0 unspecified atom stereocenters. The topological polar surface area (TPSA) is 80.9 Å². The van der Waals surface area contributed by atoms with Gasteiger partial charge in [-0.25, -0.2) is 9.78 Å². The molecule has 0 fully saturated rings. The normalized spacial score (nSPS) is 10.7. The van der Waals surface area contributed by atoms with Crippen LogP contribution in [0.1, 0.15) is 27.4 Å². The molecule has 0 radical (unpaired) electrons. The molecule has 0 atom stereocenters. The molecule has 19 heavy (non-hydrogen) atoms. The van der Waals surface area contributed by atoms with Crippen LogP contribution in [0.3, 0.4) is 0 Å². The van der Waals surface area contributed by atoms with Crippen molar-refractivity contribution in [2.45, 2.75) is 24.6 Å². The molecular formula is C12H14N4O2S. The molecule has 2 rings (SSSR count). The van der Waals surface area contributed by atoms with Crippen LogP contribution in [0.5, 0.6) is 0 Å². The highest BCUT2D eigenvalue weighted by atomic mass is 32.2. The molecule has 2 heterocycles. The number of nitrogens with zero attached hydrogens (tertiary/aromatic N) is 4. The number of aromatic nitrogens is 4. The van der Waals surface area contributed by atoms with E-state index in [0.29, 0.717) is 10.8 Å². The maximum absolute atomic E-state index is 11.3. The summed E-state index contributed by atoms with van der Waals surface area (Å²) in [6.07, 6.45) is 1.61. The Labute approximate surface area is 114 Å². The number of aromatic carboxylic acids is 1. The Morgan fingerprint density at radius 3 is 2.79 bits per heavy atom. The summed E-state index contributed by atoms with van der Waals surface area (Å²) in [4.78, 5) is 15.6. The van der Waals surface area contributed by atoms with Crippen LogP contribution in [0.25, 0.3) is 0 Å². The molecule has 7 heteroatoms. The second kappa shape index (κ2) is 5.40. The van der Waals surface area contributed by atoms with Crippen molar-refractivity contribution in [3.05, 3.63) is 35.0 Å². The minimum absolute atomic E-state index is 0.262. The fourth-order valence-electron chi connectivity index (χ4n) is 1.74. The first-order chi connectivity index (χ1) is 8.99. The van der Waals surface area contributed by atoms with Crippen molar-refractivity contribution >= 4 is 17.7 Å². The van der Waals surface area contributed by atoms with Crippen LogP contribution < -0.4 is 0 Å². The first-order valence-electron chi connectivity index (χ1n) is 5.66. The lowest BCUT2D eigenvalue weighted by Gasteiger charge is -2.09. The van der Waals surface area contributed by atoms with Crippen molar-refractivity contribution in [3.63, 3.8) is 0 Å². The molecule has 0 aliphatic rings. The number of hydrogen-bond donors (Lipinski definition) is 1. The lowest BCUT2D eigenvalue weighted by Crippen LogP contribution is -2.06. The van der Waals surface area contributed by atoms with E-state index < -0.39 is 5.97 Å². The summed E-state index contributed by atoms with van der Waals surface area (Å²) >= 11 is 1.36. The third-order valence-electron chi connectivity index (χ3n) is 2.67. The zero-order valence-electron chi connectivity index (χ0n) is 10.9. The summed E-state index contributed by atoms with van der Waals surface area (Å²) in [6.45, 7) is 3.63. The fraction of sp³-hybridized carbons (Fsp3) is 0.333. The van der Waals surface area contributed by atoms with E-state index in [1.165, 1.54) is 11.8 Å². The molecule has 0 saturated heterocycles. The van der Waals surface area contributed by atoms with E-state index in [-0.39, 0.29) is 5.56 Å². The van der Waals surface area contributed by atoms with Crippen molar-refractivity contribution in [1.82, 2.24) is 19.7 Å². The maximum atomic E-state index is 11.3. The minimum atomic E-state index is -0.953. The predicted molar refractivity (Wildman–Crippen MR) is 71.2 cm³/mol. The van der Waals surface area contributed by atoms with Gasteiger partial charge in [0, 0.05) is 12.7 Å². The van der Waals surface area contributed by atoms with Gasteiger partial charge in [-0.05, 0) is 25.5 Å². The van der Waals surface area contributed by atoms with E-state index in [2.05, 4.69) is 15.2 Å². The van der Waals surface area contributed by atoms with Crippen molar-refractivity contribution in [2.24, 2.45) is 7.05 Å². The third-order valence-corrected chi connectivity index (χ3v) is 3.64. The molecule has 0 bridgehead atoms. The number of hydrogen-bond acceptors (Lipinski definition) is 5. The molecule has 100 valence electrons. The van der Waals surface area contributed by atoms with Gasteiger partial charge in [0.15, 0.2) is 0 Å². The van der Waals surface area contributed by atoms with Crippen molar-refractivity contribution in [2.75, 3.05) is 0 Å². The zero-order chi connectivity index (χ0) is 14.0. The summed E-state index contributed by atoms with van der Waals surface area (Å²) in [5, 5.41) is 17.5. The van der Waals surface area contributed by atoms with Crippen LogP contribution in [-0.2, 0) is 12.8 Å². The Morgan fingerprint density at radius 1 is 1.47 bits per heavy atom. The van der Waals surface area contributed by atoms with Gasteiger partial charge in [0.2, 0.25) is 0 Å². The van der Waals surface area contributed by atoms with E-state index in [4.69, 9.17) is 0 Å². The Morgan fingerprint density at radius 2 is 2.21 bits per heavy atom. The van der Waals surface area contributed by atoms with Crippen molar-refractivity contribution < 1.29 is 9.90 Å². The van der Waals surface area contributed by atoms with Gasteiger partial charge >= 0.3 is 5.97 Å². The number of pyridine rings is 1. The van der Waals surface area contributed by atoms with E-state index >= 15 is 0 Å². The molecule has 0 spiro atoms. The van der Waals surface area contributed by atoms with Gasteiger partial charge in [-0.15, -0.1) is 10.2 Å². The number of carbonyl (C=O) groups is 1. The van der Waals surface area contributed by atoms with E-state index in [0.717, 1.165) is 17.1 Å². The third kappa shape index (κ3) is 2.93. The summed E-state index contributed by atoms with van der Waals surface area (Å²) < 4.78 is 1.80. The average Bonchev–Trinajstić information content (AvgIpc) is 2.70. The molecule has 2 aromatic heterocycles. The first-order valence-corrected chi connectivity index (χ1v) is 6.65. The van der Waals surface area contributed by atoms with E-state index in [9.17, 15) is 9.90 Å². The second-order valence-corrected chi connectivity index (χ2v) is 5.18. The summed E-state index contributed by atoms with van der Waals surface area (Å²) in [5.41, 5.74) is 1.79. The largest absolute Gasteiger partial charge is 0.478 e. The Hall–Kier alpha value is -1.89. The van der Waals surface area contributed by atoms with Crippen molar-refractivity contribution in [1.29, 1.82) is 0 Å². The Balaban J connectivity index is 2.29. The summed E-state index contributed by atoms with van der Waals surface area (Å²) in [7, 11) is 1.85. The molecule has 0 aliphatic carbocycles. The number of aryl methyl sites for hydroxylation is 3. The number of thioether (sulfide) groups is 1. The van der Waals surface area contributed by atoms with Gasteiger partial charge in [-0.3, -0.25) is 0 Å². The van der Waals surface area contributed by atoms with Crippen LogP contribution in [0.15, 0.2) is 17.4 Å². The highest BCUT2D eigenvalue weighted by molar-refractivity contribution is 7.98. The molecule has 0 saturated carbocycles. The number of carboxylic acid groups (broad SMARTS) is 1. The monoisotopic (exact) mass is 278 g/mol. The van der Waals surface area contributed by atoms with Crippen LogP contribution in [0.2, 0.25) is 0 Å². The Bertz CT molecular complexity index is 624. The molecule has 0 aromatic carbocycles. The van der Waals surface area contributed by atoms with Crippen LogP contribution in [-0.4, -0.2) is 30.8 Å². The number of rotatable bonds is 4. The lowest BCUT2D eigenvalue weighted by atomic mass is 10.1. The molecule has 2 aromatic rings. The molecule has 0 amide bonds. The predicted octanol–water partition coefficient (Wildman–Crippen LogP) is 1.82. The quantitative estimate of drug-likeness (QED) is 0.859. The van der Waals surface area contributed by atoms with Crippen LogP contribution >= 0.6 is 11.8 Å². The highest BCUT2D eigenvalue weighted by Crippen LogP contribution is 2.26. The first kappa shape index (κ1) is 13.5. The Kier molecular flexibility index (Phi) is 3.84. The molecule has 6 nitrogen and oxygen atoms in total. The zero-order valence-corrected chi connectivity index (χ0v) is 11.7. The van der Waals surface area contributed by atoms with Gasteiger partial charge in [-0.1, -0.05) is 11.8 Å². The number of carboxylic acids is 1. The average molecular weight is 278 g/mol. The molecule has 1 N–H and O–H groups in total.